The summed E-state index contributed by atoms with van der Waals surface area (Å²) in [6.07, 6.45) is 2.49. The van der Waals surface area contributed by atoms with Crippen molar-refractivity contribution in [2.45, 2.75) is 25.2 Å². The predicted octanol–water partition coefficient (Wildman–Crippen LogP) is 2.54. The number of sulfonamides is 1. The summed E-state index contributed by atoms with van der Waals surface area (Å²) in [5.74, 6) is 0.594. The Labute approximate surface area is 188 Å². The fraction of sp³-hybridized carbons (Fsp3) is 0.478. The van der Waals surface area contributed by atoms with E-state index in [9.17, 15) is 18.0 Å². The second kappa shape index (κ2) is 9.07. The number of rotatable bonds is 4. The predicted molar refractivity (Wildman–Crippen MR) is 119 cm³/mol. The van der Waals surface area contributed by atoms with Crippen LogP contribution in [0.2, 0.25) is 0 Å². The first-order valence-corrected chi connectivity index (χ1v) is 12.4. The van der Waals surface area contributed by atoms with E-state index in [0.717, 1.165) is 6.42 Å². The zero-order valence-corrected chi connectivity index (χ0v) is 19.3. The zero-order valence-electron chi connectivity index (χ0n) is 18.4. The molecule has 9 heteroatoms. The third-order valence-corrected chi connectivity index (χ3v) is 8.01. The molecule has 1 aromatic carbocycles. The Bertz CT molecular complexity index is 1050. The van der Waals surface area contributed by atoms with E-state index in [1.54, 1.807) is 38.4 Å². The van der Waals surface area contributed by atoms with Crippen LogP contribution < -0.4 is 0 Å². The lowest BCUT2D eigenvalue weighted by Gasteiger charge is -2.34. The Kier molecular flexibility index (Phi) is 6.39. The van der Waals surface area contributed by atoms with Crippen LogP contribution in [-0.4, -0.2) is 73.6 Å². The standard InChI is InChI=1S/C23H29N3O5S/c1-17-14-18(2)16-26(15-17)32(29,30)20-7-5-19(6-8-20)22(27)24-9-11-25(12-10-24)23(28)21-4-3-13-31-21/h3-8,13,17-18H,9-12,14-16H2,1-2H3. The van der Waals surface area contributed by atoms with Gasteiger partial charge in [-0.2, -0.15) is 4.31 Å². The first kappa shape index (κ1) is 22.5. The number of piperazine rings is 1. The molecular weight excluding hydrogens is 430 g/mol. The van der Waals surface area contributed by atoms with Gasteiger partial charge in [-0.3, -0.25) is 9.59 Å². The SMILES string of the molecule is CC1CC(C)CN(S(=O)(=O)c2ccc(C(=O)N3CCN(C(=O)c4ccco4)CC3)cc2)C1. The quantitative estimate of drug-likeness (QED) is 0.701. The normalized spacial score (nSPS) is 22.7. The summed E-state index contributed by atoms with van der Waals surface area (Å²) in [6, 6.07) is 9.48. The van der Waals surface area contributed by atoms with Crippen molar-refractivity contribution < 1.29 is 22.4 Å². The topological polar surface area (TPSA) is 91.1 Å². The second-order valence-electron chi connectivity index (χ2n) is 8.85. The molecule has 0 saturated carbocycles. The van der Waals surface area contributed by atoms with E-state index in [1.807, 2.05) is 0 Å². The first-order chi connectivity index (χ1) is 15.3. The van der Waals surface area contributed by atoms with E-state index in [0.29, 0.717) is 62.4 Å². The first-order valence-electron chi connectivity index (χ1n) is 11.0. The van der Waals surface area contributed by atoms with Crippen molar-refractivity contribution >= 4 is 21.8 Å². The van der Waals surface area contributed by atoms with Crippen LogP contribution in [0.1, 0.15) is 41.2 Å². The molecule has 2 fully saturated rings. The third-order valence-electron chi connectivity index (χ3n) is 6.16. The van der Waals surface area contributed by atoms with Crippen molar-refractivity contribution in [2.75, 3.05) is 39.3 Å². The van der Waals surface area contributed by atoms with Gasteiger partial charge in [0.1, 0.15) is 0 Å². The molecule has 0 radical (unpaired) electrons. The molecule has 2 unspecified atom stereocenters. The number of piperidine rings is 1. The number of benzene rings is 1. The Balaban J connectivity index is 1.39. The highest BCUT2D eigenvalue weighted by Gasteiger charge is 2.32. The summed E-state index contributed by atoms with van der Waals surface area (Å²) in [4.78, 5) is 28.8. The summed E-state index contributed by atoms with van der Waals surface area (Å²) in [5, 5.41) is 0. The molecule has 8 nitrogen and oxygen atoms in total. The molecule has 172 valence electrons. The van der Waals surface area contributed by atoms with Gasteiger partial charge in [0.15, 0.2) is 5.76 Å². The van der Waals surface area contributed by atoms with Crippen molar-refractivity contribution in [1.82, 2.24) is 14.1 Å². The van der Waals surface area contributed by atoms with E-state index >= 15 is 0 Å². The molecule has 1 aromatic heterocycles. The lowest BCUT2D eigenvalue weighted by molar-refractivity contribution is 0.0518. The van der Waals surface area contributed by atoms with Gasteiger partial charge in [0.05, 0.1) is 11.2 Å². The number of hydrogen-bond acceptors (Lipinski definition) is 5. The van der Waals surface area contributed by atoms with Crippen LogP contribution in [0.25, 0.3) is 0 Å². The number of carbonyl (C=O) groups is 2. The highest BCUT2D eigenvalue weighted by molar-refractivity contribution is 7.89. The minimum atomic E-state index is -3.58. The second-order valence-corrected chi connectivity index (χ2v) is 10.8. The van der Waals surface area contributed by atoms with Gasteiger partial charge in [-0.05, 0) is 54.7 Å². The number of amides is 2. The number of nitrogens with zero attached hydrogens (tertiary/aromatic N) is 3. The number of furan rings is 1. The van der Waals surface area contributed by atoms with Crippen LogP contribution in [0.4, 0.5) is 0 Å². The molecule has 2 amide bonds. The minimum absolute atomic E-state index is 0.167. The Hall–Kier alpha value is -2.65. The fourth-order valence-corrected chi connectivity index (χ4v) is 6.25. The van der Waals surface area contributed by atoms with Crippen molar-refractivity contribution in [3.05, 3.63) is 54.0 Å². The molecule has 0 N–H and O–H groups in total. The van der Waals surface area contributed by atoms with E-state index in [1.165, 1.54) is 18.4 Å². The Morgan fingerprint density at radius 3 is 1.97 bits per heavy atom. The lowest BCUT2D eigenvalue weighted by Crippen LogP contribution is -2.50. The molecule has 2 aromatic rings. The van der Waals surface area contributed by atoms with Gasteiger partial charge < -0.3 is 14.2 Å². The van der Waals surface area contributed by atoms with Crippen LogP contribution >= 0.6 is 0 Å². The fourth-order valence-electron chi connectivity index (χ4n) is 4.57. The minimum Gasteiger partial charge on any atom is -0.459 e. The number of hydrogen-bond donors (Lipinski definition) is 0. The summed E-state index contributed by atoms with van der Waals surface area (Å²) >= 11 is 0. The van der Waals surface area contributed by atoms with Crippen molar-refractivity contribution in [3.8, 4) is 0 Å². The van der Waals surface area contributed by atoms with Gasteiger partial charge in [-0.1, -0.05) is 13.8 Å². The van der Waals surface area contributed by atoms with Crippen LogP contribution in [-0.2, 0) is 10.0 Å². The summed E-state index contributed by atoms with van der Waals surface area (Å²) in [6.45, 7) is 6.85. The van der Waals surface area contributed by atoms with Gasteiger partial charge >= 0.3 is 0 Å². The smallest absolute Gasteiger partial charge is 0.289 e. The number of carbonyl (C=O) groups excluding carboxylic acids is 2. The van der Waals surface area contributed by atoms with E-state index in [-0.39, 0.29) is 16.7 Å². The average molecular weight is 460 g/mol. The maximum absolute atomic E-state index is 13.0. The molecule has 0 aliphatic carbocycles. The van der Waals surface area contributed by atoms with Gasteiger partial charge in [-0.25, -0.2) is 8.42 Å². The highest BCUT2D eigenvalue weighted by atomic mass is 32.2. The van der Waals surface area contributed by atoms with Gasteiger partial charge in [0, 0.05) is 44.8 Å². The maximum atomic E-state index is 13.0. The zero-order chi connectivity index (χ0) is 22.9. The van der Waals surface area contributed by atoms with E-state index in [2.05, 4.69) is 13.8 Å². The summed E-state index contributed by atoms with van der Waals surface area (Å²) < 4.78 is 32.8. The summed E-state index contributed by atoms with van der Waals surface area (Å²) in [5.41, 5.74) is 0.440. The molecule has 2 saturated heterocycles. The third kappa shape index (κ3) is 4.59. The van der Waals surface area contributed by atoms with Crippen LogP contribution in [0.3, 0.4) is 0 Å². The van der Waals surface area contributed by atoms with E-state index in [4.69, 9.17) is 4.42 Å². The lowest BCUT2D eigenvalue weighted by atomic mass is 9.94. The molecule has 2 aliphatic heterocycles. The average Bonchev–Trinajstić information content (AvgIpc) is 3.33. The van der Waals surface area contributed by atoms with Gasteiger partial charge in [0.2, 0.25) is 10.0 Å². The van der Waals surface area contributed by atoms with Gasteiger partial charge in [-0.15, -0.1) is 0 Å². The Morgan fingerprint density at radius 1 is 0.875 bits per heavy atom. The van der Waals surface area contributed by atoms with Crippen LogP contribution in [0, 0.1) is 11.8 Å². The molecule has 4 rings (SSSR count). The van der Waals surface area contributed by atoms with E-state index < -0.39 is 10.0 Å². The van der Waals surface area contributed by atoms with Crippen molar-refractivity contribution in [2.24, 2.45) is 11.8 Å². The molecule has 3 heterocycles. The van der Waals surface area contributed by atoms with Gasteiger partial charge in [0.25, 0.3) is 11.8 Å². The summed E-state index contributed by atoms with van der Waals surface area (Å²) in [7, 11) is -3.58. The molecule has 2 aliphatic rings. The van der Waals surface area contributed by atoms with Crippen LogP contribution in [0.15, 0.2) is 52.0 Å². The highest BCUT2D eigenvalue weighted by Crippen LogP contribution is 2.27. The molecule has 0 spiro atoms. The molecule has 2 atom stereocenters. The Morgan fingerprint density at radius 2 is 1.44 bits per heavy atom. The van der Waals surface area contributed by atoms with Crippen molar-refractivity contribution in [3.63, 3.8) is 0 Å². The largest absolute Gasteiger partial charge is 0.459 e. The maximum Gasteiger partial charge on any atom is 0.289 e. The molecular formula is C23H29N3O5S. The van der Waals surface area contributed by atoms with Crippen LogP contribution in [0.5, 0.6) is 0 Å². The molecule has 32 heavy (non-hydrogen) atoms. The molecule has 0 bridgehead atoms. The van der Waals surface area contributed by atoms with Crippen molar-refractivity contribution in [1.29, 1.82) is 0 Å². The monoisotopic (exact) mass is 459 g/mol.